The summed E-state index contributed by atoms with van der Waals surface area (Å²) in [6.07, 6.45) is 4.56. The zero-order valence-corrected chi connectivity index (χ0v) is 12.5. The molecule has 1 heterocycles. The molecule has 2 rings (SSSR count). The van der Waals surface area contributed by atoms with Crippen molar-refractivity contribution in [2.24, 2.45) is 5.41 Å². The van der Waals surface area contributed by atoms with Gasteiger partial charge in [-0.1, -0.05) is 18.9 Å². The maximum atomic E-state index is 11.5. The summed E-state index contributed by atoms with van der Waals surface area (Å²) in [5.41, 5.74) is 0.414. The molecule has 1 aromatic rings. The second-order valence-electron chi connectivity index (χ2n) is 5.58. The smallest absolute Gasteiger partial charge is 0.369 e. The molecule has 19 heavy (non-hydrogen) atoms. The zero-order chi connectivity index (χ0) is 13.9. The second kappa shape index (κ2) is 5.86. The number of carbonyl (C=O) groups excluding carboxylic acids is 1. The summed E-state index contributed by atoms with van der Waals surface area (Å²) in [6.45, 7) is 6.67. The van der Waals surface area contributed by atoms with E-state index < -0.39 is 5.97 Å². The van der Waals surface area contributed by atoms with Gasteiger partial charge in [-0.25, -0.2) is 4.79 Å². The van der Waals surface area contributed by atoms with Crippen molar-refractivity contribution in [2.75, 3.05) is 6.61 Å². The minimum atomic E-state index is -0.431. The van der Waals surface area contributed by atoms with Crippen LogP contribution in [0.4, 0.5) is 0 Å². The zero-order valence-electron chi connectivity index (χ0n) is 11.6. The number of hydrogen-bond acceptors (Lipinski definition) is 6. The molecule has 1 saturated carbocycles. The van der Waals surface area contributed by atoms with Gasteiger partial charge in [0.15, 0.2) is 0 Å². The first-order valence-electron chi connectivity index (χ1n) is 6.67. The largest absolute Gasteiger partial charge is 0.466 e. The Morgan fingerprint density at radius 1 is 1.37 bits per heavy atom. The van der Waals surface area contributed by atoms with E-state index in [0.29, 0.717) is 17.2 Å². The molecule has 0 saturated heterocycles. The van der Waals surface area contributed by atoms with Gasteiger partial charge in [0, 0.05) is 0 Å². The molecule has 1 aliphatic rings. The molecule has 0 N–H and O–H groups in total. The SMILES string of the molecule is CCOC(=O)c1nnc(OC2CCC(C)(C)CC2)s1. The van der Waals surface area contributed by atoms with Gasteiger partial charge in [0.05, 0.1) is 6.61 Å². The molecule has 0 aliphatic heterocycles. The van der Waals surface area contributed by atoms with Crippen molar-refractivity contribution in [1.82, 2.24) is 10.2 Å². The van der Waals surface area contributed by atoms with Crippen LogP contribution in [0.5, 0.6) is 5.19 Å². The van der Waals surface area contributed by atoms with Crippen LogP contribution in [0, 0.1) is 5.41 Å². The third-order valence-corrected chi connectivity index (χ3v) is 4.20. The average molecular weight is 284 g/mol. The molecule has 0 unspecified atom stereocenters. The van der Waals surface area contributed by atoms with E-state index >= 15 is 0 Å². The van der Waals surface area contributed by atoms with E-state index in [0.717, 1.165) is 37.0 Å². The van der Waals surface area contributed by atoms with Crippen LogP contribution in [0.3, 0.4) is 0 Å². The number of rotatable bonds is 4. The van der Waals surface area contributed by atoms with Crippen molar-refractivity contribution in [3.63, 3.8) is 0 Å². The van der Waals surface area contributed by atoms with Crippen molar-refractivity contribution in [3.05, 3.63) is 5.01 Å². The predicted molar refractivity (Wildman–Crippen MR) is 72.5 cm³/mol. The third kappa shape index (κ3) is 3.89. The van der Waals surface area contributed by atoms with Crippen molar-refractivity contribution >= 4 is 17.3 Å². The number of aromatic nitrogens is 2. The summed E-state index contributed by atoms with van der Waals surface area (Å²) >= 11 is 1.16. The van der Waals surface area contributed by atoms with Crippen LogP contribution in [0.25, 0.3) is 0 Å². The maximum absolute atomic E-state index is 11.5. The first kappa shape index (κ1) is 14.2. The number of hydrogen-bond donors (Lipinski definition) is 0. The molecule has 1 aliphatic carbocycles. The first-order valence-corrected chi connectivity index (χ1v) is 7.49. The second-order valence-corrected chi connectivity index (χ2v) is 6.52. The fourth-order valence-electron chi connectivity index (χ4n) is 2.17. The Labute approximate surface area is 117 Å². The Morgan fingerprint density at radius 2 is 2.05 bits per heavy atom. The Kier molecular flexibility index (Phi) is 4.39. The standard InChI is InChI=1S/C13H20N2O3S/c1-4-17-11(16)10-14-15-12(19-10)18-9-5-7-13(2,3)8-6-9/h9H,4-8H2,1-3H3. The molecule has 6 heteroatoms. The molecule has 0 amide bonds. The van der Waals surface area contributed by atoms with Crippen LogP contribution in [-0.2, 0) is 4.74 Å². The van der Waals surface area contributed by atoms with E-state index in [2.05, 4.69) is 24.0 Å². The lowest BCUT2D eigenvalue weighted by Crippen LogP contribution is -2.28. The fraction of sp³-hybridized carbons (Fsp3) is 0.769. The molecule has 1 aromatic heterocycles. The molecule has 0 atom stereocenters. The molecule has 0 radical (unpaired) electrons. The van der Waals surface area contributed by atoms with Crippen molar-refractivity contribution in [2.45, 2.75) is 52.6 Å². The van der Waals surface area contributed by atoms with Crippen molar-refractivity contribution in [3.8, 4) is 5.19 Å². The van der Waals surface area contributed by atoms with E-state index in [4.69, 9.17) is 9.47 Å². The number of esters is 1. The normalized spacial score (nSPS) is 19.1. The quantitative estimate of drug-likeness (QED) is 0.795. The summed E-state index contributed by atoms with van der Waals surface area (Å²) in [5, 5.41) is 8.42. The molecule has 0 aromatic carbocycles. The van der Waals surface area contributed by atoms with Crippen LogP contribution in [0.15, 0.2) is 0 Å². The Morgan fingerprint density at radius 3 is 2.68 bits per heavy atom. The van der Waals surface area contributed by atoms with Gasteiger partial charge in [0.2, 0.25) is 5.01 Å². The number of nitrogens with zero attached hydrogens (tertiary/aromatic N) is 2. The summed E-state index contributed by atoms with van der Waals surface area (Å²) in [4.78, 5) is 11.5. The average Bonchev–Trinajstić information content (AvgIpc) is 2.81. The van der Waals surface area contributed by atoms with E-state index in [-0.39, 0.29) is 11.1 Å². The summed E-state index contributed by atoms with van der Waals surface area (Å²) < 4.78 is 10.7. The summed E-state index contributed by atoms with van der Waals surface area (Å²) in [5.74, 6) is -0.431. The lowest BCUT2D eigenvalue weighted by atomic mass is 9.76. The van der Waals surface area contributed by atoms with Crippen LogP contribution in [-0.4, -0.2) is 28.9 Å². The highest BCUT2D eigenvalue weighted by molar-refractivity contribution is 7.14. The van der Waals surface area contributed by atoms with Gasteiger partial charge in [0.25, 0.3) is 5.19 Å². The predicted octanol–water partition coefficient (Wildman–Crippen LogP) is 3.06. The topological polar surface area (TPSA) is 61.3 Å². The van der Waals surface area contributed by atoms with E-state index in [1.165, 1.54) is 0 Å². The van der Waals surface area contributed by atoms with E-state index in [1.54, 1.807) is 6.92 Å². The fourth-order valence-corrected chi connectivity index (χ4v) is 2.82. The third-order valence-electron chi connectivity index (χ3n) is 3.41. The number of ether oxygens (including phenoxy) is 2. The summed E-state index contributed by atoms with van der Waals surface area (Å²) in [6, 6.07) is 0. The van der Waals surface area contributed by atoms with Crippen molar-refractivity contribution in [1.29, 1.82) is 0 Å². The van der Waals surface area contributed by atoms with Gasteiger partial charge in [-0.3, -0.25) is 0 Å². The van der Waals surface area contributed by atoms with E-state index in [1.807, 2.05) is 0 Å². The Hall–Kier alpha value is -1.17. The van der Waals surface area contributed by atoms with Gasteiger partial charge in [-0.15, -0.1) is 5.10 Å². The molecule has 5 nitrogen and oxygen atoms in total. The van der Waals surface area contributed by atoms with Gasteiger partial charge >= 0.3 is 5.97 Å². The lowest BCUT2D eigenvalue weighted by molar-refractivity contribution is 0.0525. The molecule has 1 fully saturated rings. The van der Waals surface area contributed by atoms with Crippen LogP contribution < -0.4 is 4.74 Å². The van der Waals surface area contributed by atoms with Gasteiger partial charge in [-0.2, -0.15) is 0 Å². The lowest BCUT2D eigenvalue weighted by Gasteiger charge is -2.33. The van der Waals surface area contributed by atoms with Crippen LogP contribution in [0.1, 0.15) is 56.3 Å². The summed E-state index contributed by atoms with van der Waals surface area (Å²) in [7, 11) is 0. The molecule has 106 valence electrons. The minimum absolute atomic E-state index is 0.191. The maximum Gasteiger partial charge on any atom is 0.369 e. The molecular formula is C13H20N2O3S. The van der Waals surface area contributed by atoms with Gasteiger partial charge in [-0.05, 0) is 49.4 Å². The van der Waals surface area contributed by atoms with Crippen LogP contribution >= 0.6 is 11.3 Å². The first-order chi connectivity index (χ1) is 9.00. The molecule has 0 bridgehead atoms. The Balaban J connectivity index is 1.88. The highest BCUT2D eigenvalue weighted by atomic mass is 32.1. The van der Waals surface area contributed by atoms with E-state index in [9.17, 15) is 4.79 Å². The number of carbonyl (C=O) groups is 1. The van der Waals surface area contributed by atoms with Gasteiger partial charge < -0.3 is 9.47 Å². The Bertz CT molecular complexity index is 435. The van der Waals surface area contributed by atoms with Crippen LogP contribution in [0.2, 0.25) is 0 Å². The monoisotopic (exact) mass is 284 g/mol. The highest BCUT2D eigenvalue weighted by Crippen LogP contribution is 2.36. The molecule has 0 spiro atoms. The highest BCUT2D eigenvalue weighted by Gasteiger charge is 2.28. The van der Waals surface area contributed by atoms with Gasteiger partial charge in [0.1, 0.15) is 6.10 Å². The van der Waals surface area contributed by atoms with Crippen molar-refractivity contribution < 1.29 is 14.3 Å². The molecular weight excluding hydrogens is 264 g/mol. The minimum Gasteiger partial charge on any atom is -0.466 e.